The minimum absolute atomic E-state index is 0.0540. The highest BCUT2D eigenvalue weighted by atomic mass is 32.2. The quantitative estimate of drug-likeness (QED) is 0.449. The summed E-state index contributed by atoms with van der Waals surface area (Å²) >= 11 is 3.09. The summed E-state index contributed by atoms with van der Waals surface area (Å²) in [5.74, 6) is 1.11. The van der Waals surface area contributed by atoms with Crippen LogP contribution in [0.25, 0.3) is 0 Å². The molecule has 0 unspecified atom stereocenters. The molecule has 0 spiro atoms. The molecule has 2 heterocycles. The number of amides is 1. The summed E-state index contributed by atoms with van der Waals surface area (Å²) in [4.78, 5) is 13.6. The van der Waals surface area contributed by atoms with Gasteiger partial charge in [0.25, 0.3) is 0 Å². The van der Waals surface area contributed by atoms with E-state index in [9.17, 15) is 4.79 Å². The first kappa shape index (κ1) is 19.4. The fourth-order valence-corrected chi connectivity index (χ4v) is 4.11. The number of allylic oxidation sites excluding steroid dienone is 1. The normalized spacial score (nSPS) is 10.7. The summed E-state index contributed by atoms with van der Waals surface area (Å²) in [6, 6.07) is 10.0. The van der Waals surface area contributed by atoms with E-state index < -0.39 is 0 Å². The van der Waals surface area contributed by atoms with Gasteiger partial charge in [0.15, 0.2) is 5.16 Å². The van der Waals surface area contributed by atoms with Crippen molar-refractivity contribution in [2.45, 2.75) is 32.0 Å². The van der Waals surface area contributed by atoms with E-state index in [0.29, 0.717) is 6.54 Å². The average molecular weight is 399 g/mol. The van der Waals surface area contributed by atoms with Crippen molar-refractivity contribution < 1.29 is 4.79 Å². The van der Waals surface area contributed by atoms with Crippen molar-refractivity contribution in [2.24, 2.45) is 0 Å². The van der Waals surface area contributed by atoms with Gasteiger partial charge in [-0.2, -0.15) is 0 Å². The van der Waals surface area contributed by atoms with Crippen molar-refractivity contribution >= 4 is 34.7 Å². The standard InChI is InChI=1S/C20H22N4OS2/c1-4-10-24-18(12-16-8-6-11-26-16)22-23-20(24)27-13-19(25)21-17-9-5-7-14(2)15(17)3/h4-9,11H,1,10,12-13H2,2-3H3,(H,21,25). The van der Waals surface area contributed by atoms with Gasteiger partial charge in [-0.15, -0.1) is 28.1 Å². The van der Waals surface area contributed by atoms with E-state index >= 15 is 0 Å². The highest BCUT2D eigenvalue weighted by Gasteiger charge is 2.15. The van der Waals surface area contributed by atoms with Crippen molar-refractivity contribution in [1.82, 2.24) is 14.8 Å². The number of anilines is 1. The van der Waals surface area contributed by atoms with Crippen LogP contribution in [0.2, 0.25) is 0 Å². The van der Waals surface area contributed by atoms with Crippen LogP contribution >= 0.6 is 23.1 Å². The molecular formula is C20H22N4OS2. The van der Waals surface area contributed by atoms with Crippen molar-refractivity contribution in [3.63, 3.8) is 0 Å². The fourth-order valence-electron chi connectivity index (χ4n) is 2.64. The summed E-state index contributed by atoms with van der Waals surface area (Å²) in [5.41, 5.74) is 3.10. The lowest BCUT2D eigenvalue weighted by molar-refractivity contribution is -0.113. The highest BCUT2D eigenvalue weighted by Crippen LogP contribution is 2.22. The van der Waals surface area contributed by atoms with E-state index in [4.69, 9.17) is 0 Å². The van der Waals surface area contributed by atoms with Crippen molar-refractivity contribution in [3.05, 3.63) is 70.2 Å². The Labute approximate surface area is 167 Å². The first-order chi connectivity index (χ1) is 13.1. The Bertz CT molecular complexity index is 932. The summed E-state index contributed by atoms with van der Waals surface area (Å²) < 4.78 is 2.02. The predicted molar refractivity (Wildman–Crippen MR) is 113 cm³/mol. The number of aryl methyl sites for hydroxylation is 1. The number of rotatable bonds is 8. The van der Waals surface area contributed by atoms with Crippen molar-refractivity contribution in [2.75, 3.05) is 11.1 Å². The third-order valence-electron chi connectivity index (χ3n) is 4.23. The molecule has 0 aliphatic carbocycles. The fraction of sp³-hybridized carbons (Fsp3) is 0.250. The first-order valence-electron chi connectivity index (χ1n) is 8.62. The maximum atomic E-state index is 12.4. The zero-order chi connectivity index (χ0) is 19.2. The van der Waals surface area contributed by atoms with Crippen LogP contribution in [0.3, 0.4) is 0 Å². The number of carbonyl (C=O) groups excluding carboxylic acids is 1. The van der Waals surface area contributed by atoms with E-state index in [1.54, 1.807) is 11.3 Å². The molecule has 0 bridgehead atoms. The third-order valence-corrected chi connectivity index (χ3v) is 6.07. The van der Waals surface area contributed by atoms with E-state index in [0.717, 1.165) is 34.2 Å². The number of nitrogens with zero attached hydrogens (tertiary/aromatic N) is 3. The summed E-state index contributed by atoms with van der Waals surface area (Å²) in [5, 5.41) is 14.4. The molecule has 1 aromatic carbocycles. The molecule has 0 aliphatic heterocycles. The zero-order valence-corrected chi connectivity index (χ0v) is 17.1. The van der Waals surface area contributed by atoms with Crippen molar-refractivity contribution in [1.29, 1.82) is 0 Å². The molecule has 0 saturated heterocycles. The number of hydrogen-bond acceptors (Lipinski definition) is 5. The second kappa shape index (κ2) is 9.01. The van der Waals surface area contributed by atoms with Crippen LogP contribution in [0.5, 0.6) is 0 Å². The van der Waals surface area contributed by atoms with Gasteiger partial charge in [-0.1, -0.05) is 36.0 Å². The number of nitrogens with one attached hydrogen (secondary N) is 1. The Kier molecular flexibility index (Phi) is 6.47. The van der Waals surface area contributed by atoms with E-state index in [1.807, 2.05) is 48.8 Å². The zero-order valence-electron chi connectivity index (χ0n) is 15.4. The summed E-state index contributed by atoms with van der Waals surface area (Å²) in [6.45, 7) is 8.49. The van der Waals surface area contributed by atoms with Crippen LogP contribution < -0.4 is 5.32 Å². The molecule has 140 valence electrons. The largest absolute Gasteiger partial charge is 0.325 e. The maximum Gasteiger partial charge on any atom is 0.234 e. The van der Waals surface area contributed by atoms with E-state index in [-0.39, 0.29) is 11.7 Å². The SMILES string of the molecule is C=CCn1c(Cc2cccs2)nnc1SCC(=O)Nc1cccc(C)c1C. The van der Waals surface area contributed by atoms with E-state index in [1.165, 1.54) is 16.6 Å². The Balaban J connectivity index is 1.66. The number of carbonyl (C=O) groups is 1. The van der Waals surface area contributed by atoms with Crippen LogP contribution in [0, 0.1) is 13.8 Å². The Morgan fingerprint density at radius 1 is 1.30 bits per heavy atom. The lowest BCUT2D eigenvalue weighted by Gasteiger charge is -2.10. The Hall–Kier alpha value is -2.38. The maximum absolute atomic E-state index is 12.4. The Morgan fingerprint density at radius 2 is 2.15 bits per heavy atom. The van der Waals surface area contributed by atoms with Crippen LogP contribution in [0.1, 0.15) is 21.8 Å². The molecule has 1 N–H and O–H groups in total. The molecule has 0 radical (unpaired) electrons. The van der Waals surface area contributed by atoms with Gasteiger partial charge in [0.1, 0.15) is 5.82 Å². The van der Waals surface area contributed by atoms with Gasteiger partial charge in [-0.3, -0.25) is 4.79 Å². The number of thioether (sulfide) groups is 1. The second-order valence-corrected chi connectivity index (χ2v) is 8.11. The molecule has 27 heavy (non-hydrogen) atoms. The highest BCUT2D eigenvalue weighted by molar-refractivity contribution is 7.99. The van der Waals surface area contributed by atoms with Gasteiger partial charge in [-0.05, 0) is 42.5 Å². The average Bonchev–Trinajstić information content (AvgIpc) is 3.29. The van der Waals surface area contributed by atoms with E-state index in [2.05, 4.69) is 33.5 Å². The predicted octanol–water partition coefficient (Wildman–Crippen LogP) is 4.46. The molecule has 3 aromatic rings. The second-order valence-electron chi connectivity index (χ2n) is 6.14. The van der Waals surface area contributed by atoms with Gasteiger partial charge < -0.3 is 9.88 Å². The molecule has 2 aromatic heterocycles. The topological polar surface area (TPSA) is 59.8 Å². The summed E-state index contributed by atoms with van der Waals surface area (Å²) in [6.07, 6.45) is 2.55. The van der Waals surface area contributed by atoms with Crippen LogP contribution in [0.15, 0.2) is 53.5 Å². The monoisotopic (exact) mass is 398 g/mol. The van der Waals surface area contributed by atoms with Crippen LogP contribution in [0.4, 0.5) is 5.69 Å². The molecule has 0 fully saturated rings. The third kappa shape index (κ3) is 4.87. The smallest absolute Gasteiger partial charge is 0.234 e. The van der Waals surface area contributed by atoms with Gasteiger partial charge in [0.2, 0.25) is 5.91 Å². The molecule has 7 heteroatoms. The molecular weight excluding hydrogens is 376 g/mol. The van der Waals surface area contributed by atoms with Crippen LogP contribution in [-0.2, 0) is 17.8 Å². The van der Waals surface area contributed by atoms with Crippen LogP contribution in [-0.4, -0.2) is 26.4 Å². The van der Waals surface area contributed by atoms with Gasteiger partial charge in [0, 0.05) is 23.5 Å². The van der Waals surface area contributed by atoms with Gasteiger partial charge in [-0.25, -0.2) is 0 Å². The first-order valence-corrected chi connectivity index (χ1v) is 10.5. The lowest BCUT2D eigenvalue weighted by atomic mass is 10.1. The number of benzene rings is 1. The lowest BCUT2D eigenvalue weighted by Crippen LogP contribution is -2.15. The molecule has 1 amide bonds. The van der Waals surface area contributed by atoms with Gasteiger partial charge >= 0.3 is 0 Å². The molecule has 5 nitrogen and oxygen atoms in total. The molecule has 0 aliphatic rings. The minimum atomic E-state index is -0.0540. The minimum Gasteiger partial charge on any atom is -0.325 e. The molecule has 0 saturated carbocycles. The summed E-state index contributed by atoms with van der Waals surface area (Å²) in [7, 11) is 0. The Morgan fingerprint density at radius 3 is 2.89 bits per heavy atom. The number of aromatic nitrogens is 3. The molecule has 0 atom stereocenters. The van der Waals surface area contributed by atoms with Crippen molar-refractivity contribution in [3.8, 4) is 0 Å². The number of thiophene rings is 1. The number of hydrogen-bond donors (Lipinski definition) is 1. The van der Waals surface area contributed by atoms with Gasteiger partial charge in [0.05, 0.1) is 5.75 Å². The molecule has 3 rings (SSSR count).